The van der Waals surface area contributed by atoms with Gasteiger partial charge in [-0.3, -0.25) is 9.59 Å². The molecule has 7 heteroatoms. The molecule has 0 saturated carbocycles. The predicted molar refractivity (Wildman–Crippen MR) is 129 cm³/mol. The standard InChI is InChI=1S/C26H24N2O4S/c1-17-21(26(31)32-2)9-6-10-22(17)27-24(30)19-11-13-20(14-12-19)25-28(23(29)16-33-25)15-18-7-4-3-5-8-18/h3-14,25H,15-16H2,1-2H3,(H,27,30)/t25-/m1/s1. The monoisotopic (exact) mass is 460 g/mol. The van der Waals surface area contributed by atoms with Crippen molar-refractivity contribution in [2.24, 2.45) is 0 Å². The third kappa shape index (κ3) is 4.93. The summed E-state index contributed by atoms with van der Waals surface area (Å²) in [5.74, 6) is -0.175. The van der Waals surface area contributed by atoms with Crippen molar-refractivity contribution in [1.82, 2.24) is 4.90 Å². The van der Waals surface area contributed by atoms with Crippen LogP contribution in [0.5, 0.6) is 0 Å². The minimum absolute atomic E-state index is 0.0891. The molecule has 1 atom stereocenters. The lowest BCUT2D eigenvalue weighted by molar-refractivity contribution is -0.128. The third-order valence-electron chi connectivity index (χ3n) is 5.61. The molecule has 1 aliphatic rings. The highest BCUT2D eigenvalue weighted by Gasteiger charge is 2.32. The molecule has 1 heterocycles. The average Bonchev–Trinajstić information content (AvgIpc) is 3.20. The Bertz CT molecular complexity index is 1180. The lowest BCUT2D eigenvalue weighted by Gasteiger charge is -2.24. The molecule has 6 nitrogen and oxygen atoms in total. The number of esters is 1. The third-order valence-corrected chi connectivity index (χ3v) is 6.87. The van der Waals surface area contributed by atoms with Crippen molar-refractivity contribution in [2.45, 2.75) is 18.8 Å². The van der Waals surface area contributed by atoms with E-state index in [4.69, 9.17) is 4.74 Å². The van der Waals surface area contributed by atoms with Crippen LogP contribution < -0.4 is 5.32 Å². The van der Waals surface area contributed by atoms with Gasteiger partial charge < -0.3 is 15.0 Å². The molecule has 33 heavy (non-hydrogen) atoms. The maximum Gasteiger partial charge on any atom is 0.338 e. The van der Waals surface area contributed by atoms with Crippen LogP contribution in [0.25, 0.3) is 0 Å². The van der Waals surface area contributed by atoms with E-state index in [9.17, 15) is 14.4 Å². The Morgan fingerprint density at radius 1 is 1.03 bits per heavy atom. The molecule has 0 aromatic heterocycles. The number of nitrogens with zero attached hydrogens (tertiary/aromatic N) is 1. The predicted octanol–water partition coefficient (Wildman–Crippen LogP) is 4.81. The van der Waals surface area contributed by atoms with Gasteiger partial charge in [-0.1, -0.05) is 48.5 Å². The molecule has 0 bridgehead atoms. The maximum atomic E-state index is 12.8. The van der Waals surface area contributed by atoms with Crippen molar-refractivity contribution in [3.05, 3.63) is 101 Å². The van der Waals surface area contributed by atoms with Gasteiger partial charge in [0.2, 0.25) is 5.91 Å². The van der Waals surface area contributed by atoms with Crippen LogP contribution in [0, 0.1) is 6.92 Å². The molecular formula is C26H24N2O4S. The van der Waals surface area contributed by atoms with E-state index in [1.807, 2.05) is 47.4 Å². The van der Waals surface area contributed by atoms with Crippen LogP contribution in [0.2, 0.25) is 0 Å². The molecule has 0 aliphatic carbocycles. The summed E-state index contributed by atoms with van der Waals surface area (Å²) in [6, 6.07) is 22.3. The fraction of sp³-hybridized carbons (Fsp3) is 0.192. The van der Waals surface area contributed by atoms with Gasteiger partial charge in [-0.15, -0.1) is 11.8 Å². The van der Waals surface area contributed by atoms with Gasteiger partial charge in [-0.2, -0.15) is 0 Å². The Kier molecular flexibility index (Phi) is 6.79. The first kappa shape index (κ1) is 22.6. The number of benzene rings is 3. The summed E-state index contributed by atoms with van der Waals surface area (Å²) in [5.41, 5.74) is 4.16. The SMILES string of the molecule is COC(=O)c1cccc(NC(=O)c2ccc([C@H]3SCC(=O)N3Cc3ccccc3)cc2)c1C. The summed E-state index contributed by atoms with van der Waals surface area (Å²) < 4.78 is 4.80. The molecule has 1 saturated heterocycles. The van der Waals surface area contributed by atoms with Crippen molar-refractivity contribution in [3.8, 4) is 0 Å². The highest BCUT2D eigenvalue weighted by Crippen LogP contribution is 2.39. The first-order valence-corrected chi connectivity index (χ1v) is 11.6. The Balaban J connectivity index is 1.48. The van der Waals surface area contributed by atoms with E-state index in [0.717, 1.165) is 11.1 Å². The number of rotatable bonds is 6. The van der Waals surface area contributed by atoms with E-state index in [1.54, 1.807) is 49.0 Å². The summed E-state index contributed by atoms with van der Waals surface area (Å²) in [5, 5.41) is 2.78. The second kappa shape index (κ2) is 9.92. The Morgan fingerprint density at radius 2 is 1.76 bits per heavy atom. The topological polar surface area (TPSA) is 75.7 Å². The second-order valence-corrected chi connectivity index (χ2v) is 8.78. The highest BCUT2D eigenvalue weighted by molar-refractivity contribution is 8.00. The summed E-state index contributed by atoms with van der Waals surface area (Å²) in [7, 11) is 1.33. The van der Waals surface area contributed by atoms with Gasteiger partial charge in [-0.05, 0) is 47.9 Å². The second-order valence-electron chi connectivity index (χ2n) is 7.72. The summed E-state index contributed by atoms with van der Waals surface area (Å²) >= 11 is 1.59. The summed E-state index contributed by atoms with van der Waals surface area (Å²) in [4.78, 5) is 39.1. The fourth-order valence-corrected chi connectivity index (χ4v) is 4.96. The number of hydrogen-bond donors (Lipinski definition) is 1. The average molecular weight is 461 g/mol. The van der Waals surface area contributed by atoms with Crippen LogP contribution in [0.15, 0.2) is 72.8 Å². The van der Waals surface area contributed by atoms with Crippen molar-refractivity contribution < 1.29 is 19.1 Å². The van der Waals surface area contributed by atoms with Crippen LogP contribution in [0.4, 0.5) is 5.69 Å². The van der Waals surface area contributed by atoms with Gasteiger partial charge in [0.25, 0.3) is 5.91 Å². The summed E-state index contributed by atoms with van der Waals surface area (Å²) in [6.45, 7) is 2.32. The molecule has 3 aromatic carbocycles. The van der Waals surface area contributed by atoms with Gasteiger partial charge >= 0.3 is 5.97 Å². The largest absolute Gasteiger partial charge is 0.465 e. The molecule has 0 spiro atoms. The van der Waals surface area contributed by atoms with Gasteiger partial charge in [0, 0.05) is 17.8 Å². The van der Waals surface area contributed by atoms with Gasteiger partial charge in [0.05, 0.1) is 18.4 Å². The fourth-order valence-electron chi connectivity index (χ4n) is 3.78. The molecule has 0 unspecified atom stereocenters. The Hall–Kier alpha value is -3.58. The molecule has 1 N–H and O–H groups in total. The van der Waals surface area contributed by atoms with E-state index < -0.39 is 5.97 Å². The number of thioether (sulfide) groups is 1. The lowest BCUT2D eigenvalue weighted by atomic mass is 10.1. The zero-order valence-electron chi connectivity index (χ0n) is 18.4. The number of ether oxygens (including phenoxy) is 1. The van der Waals surface area contributed by atoms with Gasteiger partial charge in [-0.25, -0.2) is 4.79 Å². The van der Waals surface area contributed by atoms with Crippen LogP contribution in [0.3, 0.4) is 0 Å². The Morgan fingerprint density at radius 3 is 2.45 bits per heavy atom. The highest BCUT2D eigenvalue weighted by atomic mass is 32.2. The van der Waals surface area contributed by atoms with Crippen LogP contribution in [-0.2, 0) is 16.1 Å². The quantitative estimate of drug-likeness (QED) is 0.535. The zero-order valence-corrected chi connectivity index (χ0v) is 19.2. The number of hydrogen-bond acceptors (Lipinski definition) is 5. The number of carbonyl (C=O) groups is 3. The van der Waals surface area contributed by atoms with Crippen molar-refractivity contribution in [2.75, 3.05) is 18.2 Å². The van der Waals surface area contributed by atoms with Crippen molar-refractivity contribution >= 4 is 35.2 Å². The molecule has 1 aliphatic heterocycles. The zero-order chi connectivity index (χ0) is 23.4. The van der Waals surface area contributed by atoms with E-state index in [1.165, 1.54) is 7.11 Å². The molecule has 3 aromatic rings. The van der Waals surface area contributed by atoms with Crippen LogP contribution in [-0.4, -0.2) is 35.5 Å². The molecule has 168 valence electrons. The van der Waals surface area contributed by atoms with E-state index in [-0.39, 0.29) is 17.2 Å². The minimum atomic E-state index is -0.448. The Labute approximate surface area is 196 Å². The first-order valence-electron chi connectivity index (χ1n) is 10.5. The smallest absolute Gasteiger partial charge is 0.338 e. The normalized spacial score (nSPS) is 15.4. The number of anilines is 1. The number of nitrogens with one attached hydrogen (secondary N) is 1. The van der Waals surface area contributed by atoms with Crippen LogP contribution in [0.1, 0.15) is 42.8 Å². The number of carbonyl (C=O) groups excluding carboxylic acids is 3. The molecule has 1 fully saturated rings. The minimum Gasteiger partial charge on any atom is -0.465 e. The molecular weight excluding hydrogens is 436 g/mol. The van der Waals surface area contributed by atoms with Gasteiger partial charge in [0.15, 0.2) is 0 Å². The van der Waals surface area contributed by atoms with E-state index >= 15 is 0 Å². The first-order chi connectivity index (χ1) is 16.0. The van der Waals surface area contributed by atoms with E-state index in [2.05, 4.69) is 5.32 Å². The number of amides is 2. The van der Waals surface area contributed by atoms with Crippen molar-refractivity contribution in [3.63, 3.8) is 0 Å². The lowest BCUT2D eigenvalue weighted by Crippen LogP contribution is -2.27. The van der Waals surface area contributed by atoms with Crippen molar-refractivity contribution in [1.29, 1.82) is 0 Å². The van der Waals surface area contributed by atoms with Crippen LogP contribution >= 0.6 is 11.8 Å². The maximum absolute atomic E-state index is 12.8. The van der Waals surface area contributed by atoms with Gasteiger partial charge in [0.1, 0.15) is 5.37 Å². The number of methoxy groups -OCH3 is 1. The molecule has 2 amide bonds. The molecule has 4 rings (SSSR count). The summed E-state index contributed by atoms with van der Waals surface area (Å²) in [6.07, 6.45) is 0. The molecule has 0 radical (unpaired) electrons. The van der Waals surface area contributed by atoms with E-state index in [0.29, 0.717) is 34.7 Å².